The van der Waals surface area contributed by atoms with Gasteiger partial charge < -0.3 is 0 Å². The lowest BCUT2D eigenvalue weighted by Gasteiger charge is -2.42. The lowest BCUT2D eigenvalue weighted by Crippen LogP contribution is -2.44. The molecule has 0 bridgehead atoms. The molecule has 0 radical (unpaired) electrons. The number of allylic oxidation sites excluding steroid dienone is 8. The lowest BCUT2D eigenvalue weighted by molar-refractivity contribution is 0.486. The van der Waals surface area contributed by atoms with Crippen LogP contribution in [-0.2, 0) is 0 Å². The summed E-state index contributed by atoms with van der Waals surface area (Å²) in [6.07, 6.45) is 20.6. The van der Waals surface area contributed by atoms with E-state index in [1.807, 2.05) is 12.4 Å². The zero-order chi connectivity index (χ0) is 19.1. The molecule has 5 rings (SSSR count). The second-order valence-corrected chi connectivity index (χ2v) is 8.04. The van der Waals surface area contributed by atoms with Crippen molar-refractivity contribution in [2.24, 2.45) is 15.9 Å². The molecule has 2 aliphatic carbocycles. The zero-order valence-corrected chi connectivity index (χ0v) is 16.3. The summed E-state index contributed by atoms with van der Waals surface area (Å²) < 4.78 is 0. The Balaban J connectivity index is 1.62. The van der Waals surface area contributed by atoms with E-state index in [9.17, 15) is 0 Å². The lowest BCUT2D eigenvalue weighted by atomic mass is 9.68. The van der Waals surface area contributed by atoms with E-state index in [0.29, 0.717) is 5.92 Å². The second kappa shape index (κ2) is 6.56. The average molecular weight is 364 g/mol. The summed E-state index contributed by atoms with van der Waals surface area (Å²) in [4.78, 5) is 9.87. The summed E-state index contributed by atoms with van der Waals surface area (Å²) in [6, 6.07) is 10.6. The summed E-state index contributed by atoms with van der Waals surface area (Å²) in [6.45, 7) is 4.53. The maximum Gasteiger partial charge on any atom is 0.110 e. The first kappa shape index (κ1) is 17.1. The van der Waals surface area contributed by atoms with Gasteiger partial charge in [0.25, 0.3) is 0 Å². The van der Waals surface area contributed by atoms with Crippen LogP contribution in [0.3, 0.4) is 0 Å². The van der Waals surface area contributed by atoms with Crippen molar-refractivity contribution >= 4 is 18.0 Å². The van der Waals surface area contributed by atoms with Crippen molar-refractivity contribution in [3.05, 3.63) is 101 Å². The minimum atomic E-state index is -0.381. The van der Waals surface area contributed by atoms with Crippen molar-refractivity contribution in [2.75, 3.05) is 0 Å². The molecule has 0 fully saturated rings. The molecule has 3 atom stereocenters. The Morgan fingerprint density at radius 3 is 2.54 bits per heavy atom. The molecule has 2 heteroatoms. The predicted octanol–water partition coefficient (Wildman–Crippen LogP) is 5.68. The minimum Gasteiger partial charge on any atom is -0.282 e. The Hall–Kier alpha value is -3.00. The molecule has 4 aliphatic rings. The number of hydrogen-bond acceptors (Lipinski definition) is 2. The van der Waals surface area contributed by atoms with Gasteiger partial charge in [-0.2, -0.15) is 0 Å². The first-order valence-corrected chi connectivity index (χ1v) is 10.0. The van der Waals surface area contributed by atoms with Gasteiger partial charge in [0, 0.05) is 12.4 Å². The molecule has 1 aromatic rings. The molecule has 28 heavy (non-hydrogen) atoms. The minimum absolute atomic E-state index is 0.00942. The SMILES string of the molecule is CC1CC=CC=C1C1=CC=NC2C1=CC=C1C(c3ccccc3)=CC=NC12C. The van der Waals surface area contributed by atoms with Gasteiger partial charge in [-0.05, 0) is 64.8 Å². The fourth-order valence-corrected chi connectivity index (χ4v) is 4.74. The number of fused-ring (bicyclic) bond motifs is 3. The second-order valence-electron chi connectivity index (χ2n) is 8.04. The molecule has 138 valence electrons. The van der Waals surface area contributed by atoms with Crippen LogP contribution in [0.15, 0.2) is 105 Å². The fourth-order valence-electron chi connectivity index (χ4n) is 4.74. The first-order valence-electron chi connectivity index (χ1n) is 10.0. The van der Waals surface area contributed by atoms with Crippen LogP contribution in [0.2, 0.25) is 0 Å². The highest BCUT2D eigenvalue weighted by molar-refractivity contribution is 5.97. The highest BCUT2D eigenvalue weighted by Crippen LogP contribution is 2.47. The Labute approximate surface area is 166 Å². The Morgan fingerprint density at radius 1 is 0.893 bits per heavy atom. The summed E-state index contributed by atoms with van der Waals surface area (Å²) in [5.74, 6) is 0.525. The van der Waals surface area contributed by atoms with E-state index in [1.165, 1.54) is 33.4 Å². The van der Waals surface area contributed by atoms with Crippen LogP contribution >= 0.6 is 0 Å². The Bertz CT molecular complexity index is 1060. The van der Waals surface area contributed by atoms with Crippen LogP contribution in [0.1, 0.15) is 25.8 Å². The molecule has 2 aliphatic heterocycles. The number of benzene rings is 1. The van der Waals surface area contributed by atoms with Crippen molar-refractivity contribution in [2.45, 2.75) is 31.8 Å². The normalized spacial score (nSPS) is 30.4. The van der Waals surface area contributed by atoms with E-state index in [0.717, 1.165) is 6.42 Å². The summed E-state index contributed by atoms with van der Waals surface area (Å²) in [5.41, 5.74) is 7.35. The van der Waals surface area contributed by atoms with E-state index in [1.54, 1.807) is 0 Å². The zero-order valence-electron chi connectivity index (χ0n) is 16.3. The van der Waals surface area contributed by atoms with Crippen molar-refractivity contribution in [3.63, 3.8) is 0 Å². The molecular formula is C26H24N2. The van der Waals surface area contributed by atoms with Crippen LogP contribution < -0.4 is 0 Å². The highest BCUT2D eigenvalue weighted by Gasteiger charge is 2.45. The monoisotopic (exact) mass is 364 g/mol. The first-order chi connectivity index (χ1) is 13.7. The van der Waals surface area contributed by atoms with Crippen LogP contribution in [-0.4, -0.2) is 24.0 Å². The molecule has 2 heterocycles. The van der Waals surface area contributed by atoms with Gasteiger partial charge in [-0.1, -0.05) is 67.6 Å². The van der Waals surface area contributed by atoms with Crippen LogP contribution in [0.4, 0.5) is 0 Å². The van der Waals surface area contributed by atoms with E-state index in [2.05, 4.69) is 86.7 Å². The number of hydrogen-bond donors (Lipinski definition) is 0. The number of aliphatic imine (C=N–C) groups is 2. The number of nitrogens with zero attached hydrogens (tertiary/aromatic N) is 2. The largest absolute Gasteiger partial charge is 0.282 e. The average Bonchev–Trinajstić information content (AvgIpc) is 2.74. The van der Waals surface area contributed by atoms with Gasteiger partial charge in [-0.25, -0.2) is 0 Å². The van der Waals surface area contributed by atoms with Crippen molar-refractivity contribution in [1.29, 1.82) is 0 Å². The van der Waals surface area contributed by atoms with Gasteiger partial charge in [-0.15, -0.1) is 0 Å². The third-order valence-corrected chi connectivity index (χ3v) is 6.29. The molecule has 0 saturated carbocycles. The van der Waals surface area contributed by atoms with Gasteiger partial charge in [0.1, 0.15) is 11.6 Å². The molecule has 2 nitrogen and oxygen atoms in total. The van der Waals surface area contributed by atoms with E-state index in [4.69, 9.17) is 9.98 Å². The molecule has 0 spiro atoms. The molecule has 0 aromatic heterocycles. The fraction of sp³-hybridized carbons (Fsp3) is 0.231. The maximum absolute atomic E-state index is 4.96. The van der Waals surface area contributed by atoms with E-state index < -0.39 is 0 Å². The summed E-state index contributed by atoms with van der Waals surface area (Å²) in [7, 11) is 0. The van der Waals surface area contributed by atoms with Crippen molar-refractivity contribution < 1.29 is 0 Å². The van der Waals surface area contributed by atoms with Gasteiger partial charge in [-0.3, -0.25) is 9.98 Å². The van der Waals surface area contributed by atoms with E-state index >= 15 is 0 Å². The molecule has 0 amide bonds. The summed E-state index contributed by atoms with van der Waals surface area (Å²) in [5, 5.41) is 0. The molecule has 1 aromatic carbocycles. The smallest absolute Gasteiger partial charge is 0.110 e. The topological polar surface area (TPSA) is 24.7 Å². The molecule has 3 unspecified atom stereocenters. The number of rotatable bonds is 2. The maximum atomic E-state index is 4.96. The van der Waals surface area contributed by atoms with Crippen molar-refractivity contribution in [3.8, 4) is 0 Å². The van der Waals surface area contributed by atoms with Gasteiger partial charge >= 0.3 is 0 Å². The van der Waals surface area contributed by atoms with Crippen LogP contribution in [0.5, 0.6) is 0 Å². The molecule has 0 N–H and O–H groups in total. The third-order valence-electron chi connectivity index (χ3n) is 6.29. The van der Waals surface area contributed by atoms with Crippen molar-refractivity contribution in [1.82, 2.24) is 0 Å². The molecule has 0 saturated heterocycles. The third kappa shape index (κ3) is 2.56. The highest BCUT2D eigenvalue weighted by atomic mass is 15.0. The Morgan fingerprint density at radius 2 is 1.71 bits per heavy atom. The van der Waals surface area contributed by atoms with E-state index in [-0.39, 0.29) is 11.6 Å². The standard InChI is InChI=1S/C26H24N2/c1-18-8-6-7-11-20(18)22-14-16-27-25-23(22)12-13-24-21(15-17-28-26(24,25)2)19-9-4-3-5-10-19/h3-7,9-18,25H,8H2,1-2H3. The van der Waals surface area contributed by atoms with Crippen LogP contribution in [0.25, 0.3) is 5.57 Å². The van der Waals surface area contributed by atoms with Gasteiger partial charge in [0.2, 0.25) is 0 Å². The van der Waals surface area contributed by atoms with Gasteiger partial charge in [0.05, 0.1) is 0 Å². The predicted molar refractivity (Wildman–Crippen MR) is 119 cm³/mol. The Kier molecular flexibility index (Phi) is 4.01. The van der Waals surface area contributed by atoms with Crippen LogP contribution in [0, 0.1) is 5.92 Å². The number of dihydropyridines is 2. The quantitative estimate of drug-likeness (QED) is 0.645. The summed E-state index contributed by atoms with van der Waals surface area (Å²) >= 11 is 0. The van der Waals surface area contributed by atoms with Gasteiger partial charge in [0.15, 0.2) is 0 Å². The molecular weight excluding hydrogens is 340 g/mol.